The molecule has 19 heavy (non-hydrogen) atoms. The van der Waals surface area contributed by atoms with Gasteiger partial charge in [-0.2, -0.15) is 5.26 Å². The fourth-order valence-corrected chi connectivity index (χ4v) is 2.40. The molecule has 1 atom stereocenters. The lowest BCUT2D eigenvalue weighted by Gasteiger charge is -2.25. The molecule has 0 radical (unpaired) electrons. The second kappa shape index (κ2) is 5.79. The zero-order chi connectivity index (χ0) is 14.7. The van der Waals surface area contributed by atoms with E-state index in [2.05, 4.69) is 6.07 Å². The normalized spacial score (nSPS) is 12.0. The molecule has 1 aromatic heterocycles. The van der Waals surface area contributed by atoms with Crippen LogP contribution in [0, 0.1) is 25.2 Å². The summed E-state index contributed by atoms with van der Waals surface area (Å²) in [7, 11) is 0. The van der Waals surface area contributed by atoms with Gasteiger partial charge >= 0.3 is 0 Å². The second-order valence-corrected chi connectivity index (χ2v) is 4.64. The summed E-state index contributed by atoms with van der Waals surface area (Å²) < 4.78 is 1.76. The van der Waals surface area contributed by atoms with Gasteiger partial charge in [0.1, 0.15) is 17.9 Å². The number of hydrogen-bond donors (Lipinski definition) is 1. The minimum absolute atomic E-state index is 0.0271. The minimum atomic E-state index is -0.388. The lowest BCUT2D eigenvalue weighted by Crippen LogP contribution is -2.36. The Kier molecular flexibility index (Phi) is 4.60. The van der Waals surface area contributed by atoms with Crippen molar-refractivity contribution < 1.29 is 4.79 Å². The van der Waals surface area contributed by atoms with Crippen molar-refractivity contribution in [3.8, 4) is 6.07 Å². The highest BCUT2D eigenvalue weighted by Crippen LogP contribution is 2.28. The molecular formula is C14H22N4O. The molecule has 1 unspecified atom stereocenters. The molecule has 0 spiro atoms. The van der Waals surface area contributed by atoms with Gasteiger partial charge in [0.05, 0.1) is 5.56 Å². The number of aromatic nitrogens is 1. The van der Waals surface area contributed by atoms with Gasteiger partial charge in [0, 0.05) is 18.8 Å². The second-order valence-electron chi connectivity index (χ2n) is 4.64. The van der Waals surface area contributed by atoms with E-state index in [0.29, 0.717) is 24.5 Å². The maximum Gasteiger partial charge on any atom is 0.245 e. The van der Waals surface area contributed by atoms with E-state index in [0.717, 1.165) is 11.3 Å². The first-order valence-electron chi connectivity index (χ1n) is 6.56. The van der Waals surface area contributed by atoms with Crippen molar-refractivity contribution >= 4 is 11.7 Å². The van der Waals surface area contributed by atoms with E-state index in [1.165, 1.54) is 0 Å². The van der Waals surface area contributed by atoms with Gasteiger partial charge in [0.2, 0.25) is 5.91 Å². The molecule has 0 aliphatic heterocycles. The highest BCUT2D eigenvalue weighted by molar-refractivity contribution is 5.81. The van der Waals surface area contributed by atoms with Crippen LogP contribution in [0.3, 0.4) is 0 Å². The van der Waals surface area contributed by atoms with Gasteiger partial charge in [-0.3, -0.25) is 4.79 Å². The molecule has 1 heterocycles. The molecule has 1 rings (SSSR count). The number of amides is 1. The molecule has 0 bridgehead atoms. The summed E-state index contributed by atoms with van der Waals surface area (Å²) in [6, 6.07) is 1.72. The minimum Gasteiger partial charge on any atom is -0.384 e. The van der Waals surface area contributed by atoms with E-state index in [1.807, 2.05) is 34.6 Å². The van der Waals surface area contributed by atoms with Crippen molar-refractivity contribution in [3.63, 3.8) is 0 Å². The Morgan fingerprint density at radius 2 is 1.95 bits per heavy atom. The van der Waals surface area contributed by atoms with Gasteiger partial charge in [0.15, 0.2) is 0 Å². The van der Waals surface area contributed by atoms with Gasteiger partial charge in [0.25, 0.3) is 0 Å². The third-order valence-corrected chi connectivity index (χ3v) is 3.73. The first kappa shape index (κ1) is 15.1. The van der Waals surface area contributed by atoms with Crippen molar-refractivity contribution in [2.45, 2.75) is 40.7 Å². The summed E-state index contributed by atoms with van der Waals surface area (Å²) in [4.78, 5) is 14.2. The average molecular weight is 262 g/mol. The number of nitriles is 1. The molecule has 5 heteroatoms. The molecule has 0 fully saturated rings. The van der Waals surface area contributed by atoms with Crippen LogP contribution in [-0.4, -0.2) is 28.5 Å². The predicted molar refractivity (Wildman–Crippen MR) is 75.7 cm³/mol. The molecule has 5 nitrogen and oxygen atoms in total. The Morgan fingerprint density at radius 1 is 1.42 bits per heavy atom. The Labute approximate surface area is 114 Å². The number of anilines is 1. The molecular weight excluding hydrogens is 240 g/mol. The first-order valence-corrected chi connectivity index (χ1v) is 6.56. The number of carbonyl (C=O) groups excluding carboxylic acids is 1. The van der Waals surface area contributed by atoms with E-state index >= 15 is 0 Å². The van der Waals surface area contributed by atoms with Gasteiger partial charge < -0.3 is 15.2 Å². The van der Waals surface area contributed by atoms with Crippen molar-refractivity contribution in [2.75, 3.05) is 18.8 Å². The smallest absolute Gasteiger partial charge is 0.245 e. The Balaban J connectivity index is 3.25. The summed E-state index contributed by atoms with van der Waals surface area (Å²) in [6.45, 7) is 10.8. The van der Waals surface area contributed by atoms with Crippen LogP contribution in [0.4, 0.5) is 5.82 Å². The largest absolute Gasteiger partial charge is 0.384 e. The highest BCUT2D eigenvalue weighted by Gasteiger charge is 2.25. The monoisotopic (exact) mass is 262 g/mol. The molecule has 1 amide bonds. The van der Waals surface area contributed by atoms with Gasteiger partial charge in [-0.15, -0.1) is 0 Å². The molecule has 0 aromatic carbocycles. The van der Waals surface area contributed by atoms with E-state index in [9.17, 15) is 4.79 Å². The van der Waals surface area contributed by atoms with Crippen molar-refractivity contribution in [3.05, 3.63) is 16.8 Å². The summed E-state index contributed by atoms with van der Waals surface area (Å²) in [5.74, 6) is 0.407. The van der Waals surface area contributed by atoms with Crippen LogP contribution >= 0.6 is 0 Å². The van der Waals surface area contributed by atoms with Crippen LogP contribution < -0.4 is 5.73 Å². The van der Waals surface area contributed by atoms with Crippen molar-refractivity contribution in [2.24, 2.45) is 0 Å². The zero-order valence-electron chi connectivity index (χ0n) is 12.3. The number of rotatable bonds is 4. The summed E-state index contributed by atoms with van der Waals surface area (Å²) in [5, 5.41) is 9.12. The molecule has 0 aliphatic rings. The molecule has 1 aromatic rings. The van der Waals surface area contributed by atoms with Crippen LogP contribution in [0.2, 0.25) is 0 Å². The standard InChI is InChI=1S/C14H22N4O/c1-6-17(7-2)14(19)11(5)18-10(4)9(3)12(8-15)13(18)16/h11H,6-7,16H2,1-5H3. The third-order valence-electron chi connectivity index (χ3n) is 3.73. The predicted octanol–water partition coefficient (Wildman–Crippen LogP) is 1.99. The number of likely N-dealkylation sites (N-methyl/N-ethyl adjacent to an activating group) is 1. The fraction of sp³-hybridized carbons (Fsp3) is 0.571. The van der Waals surface area contributed by atoms with Crippen LogP contribution in [0.5, 0.6) is 0 Å². The summed E-state index contributed by atoms with van der Waals surface area (Å²) >= 11 is 0. The first-order chi connectivity index (χ1) is 8.90. The van der Waals surface area contributed by atoms with Gasteiger partial charge in [-0.05, 0) is 40.2 Å². The lowest BCUT2D eigenvalue weighted by molar-refractivity contribution is -0.133. The van der Waals surface area contributed by atoms with Crippen molar-refractivity contribution in [1.82, 2.24) is 9.47 Å². The molecule has 0 saturated heterocycles. The lowest BCUT2D eigenvalue weighted by atomic mass is 10.2. The maximum absolute atomic E-state index is 12.4. The molecule has 0 saturated carbocycles. The summed E-state index contributed by atoms with van der Waals surface area (Å²) in [5.41, 5.74) is 8.20. The highest BCUT2D eigenvalue weighted by atomic mass is 16.2. The van der Waals surface area contributed by atoms with Crippen LogP contribution in [0.15, 0.2) is 0 Å². The number of hydrogen-bond acceptors (Lipinski definition) is 3. The number of nitrogen functional groups attached to an aromatic ring is 1. The molecule has 2 N–H and O–H groups in total. The van der Waals surface area contributed by atoms with E-state index in [-0.39, 0.29) is 11.9 Å². The maximum atomic E-state index is 12.4. The Bertz CT molecular complexity index is 521. The average Bonchev–Trinajstić information content (AvgIpc) is 2.60. The molecule has 104 valence electrons. The van der Waals surface area contributed by atoms with Crippen LogP contribution in [0.25, 0.3) is 0 Å². The molecule has 0 aliphatic carbocycles. The number of carbonyl (C=O) groups is 1. The quantitative estimate of drug-likeness (QED) is 0.901. The topological polar surface area (TPSA) is 75.0 Å². The van der Waals surface area contributed by atoms with Gasteiger partial charge in [-0.25, -0.2) is 0 Å². The Morgan fingerprint density at radius 3 is 2.32 bits per heavy atom. The van der Waals surface area contributed by atoms with Gasteiger partial charge in [-0.1, -0.05) is 0 Å². The van der Waals surface area contributed by atoms with E-state index < -0.39 is 0 Å². The van der Waals surface area contributed by atoms with Crippen LogP contribution in [-0.2, 0) is 4.79 Å². The zero-order valence-corrected chi connectivity index (χ0v) is 12.3. The van der Waals surface area contributed by atoms with E-state index in [1.54, 1.807) is 9.47 Å². The fourth-order valence-electron chi connectivity index (χ4n) is 2.40. The SMILES string of the molecule is CCN(CC)C(=O)C(C)n1c(C)c(C)c(C#N)c1N. The van der Waals surface area contributed by atoms with Crippen molar-refractivity contribution in [1.29, 1.82) is 5.26 Å². The third kappa shape index (κ3) is 2.43. The van der Waals surface area contributed by atoms with Crippen LogP contribution in [0.1, 0.15) is 43.6 Å². The number of nitrogens with zero attached hydrogens (tertiary/aromatic N) is 3. The van der Waals surface area contributed by atoms with E-state index in [4.69, 9.17) is 11.0 Å². The summed E-state index contributed by atoms with van der Waals surface area (Å²) in [6.07, 6.45) is 0. The number of nitrogens with two attached hydrogens (primary N) is 1. The Hall–Kier alpha value is -1.96.